The standard InChI is InChI=1S/C12H13NS.C2H6/c1-8-5-10-3-4-12(14-13)7-11(10)6-9(8)2;1-2/h3-7H,13H2,1-2H3;1-2H3/p+1. The molecule has 0 aliphatic carbocycles. The topological polar surface area (TPSA) is 27.6 Å². The summed E-state index contributed by atoms with van der Waals surface area (Å²) < 4.78 is 0. The third kappa shape index (κ3) is 2.77. The lowest BCUT2D eigenvalue weighted by molar-refractivity contribution is -0.137. The molecule has 3 N–H and O–H groups in total. The zero-order chi connectivity index (χ0) is 12.1. The second-order valence-corrected chi connectivity index (χ2v) is 4.35. The molecule has 2 aromatic carbocycles. The minimum atomic E-state index is 1.22. The van der Waals surface area contributed by atoms with Gasteiger partial charge in [-0.3, -0.25) is 5.14 Å². The molecule has 0 atom stereocenters. The first-order valence-corrected chi connectivity index (χ1v) is 6.62. The van der Waals surface area contributed by atoms with Gasteiger partial charge in [0.15, 0.2) is 0 Å². The van der Waals surface area contributed by atoms with Gasteiger partial charge in [-0.05, 0) is 47.9 Å². The zero-order valence-corrected chi connectivity index (χ0v) is 11.3. The fraction of sp³-hybridized carbons (Fsp3) is 0.286. The average Bonchev–Trinajstić information content (AvgIpc) is 2.33. The monoisotopic (exact) mass is 234 g/mol. The Labute approximate surface area is 102 Å². The zero-order valence-electron chi connectivity index (χ0n) is 10.5. The maximum atomic E-state index is 3.82. The SMILES string of the molecule is CC.Cc1cc2ccc(S[NH3+])cc2cc1C. The summed E-state index contributed by atoms with van der Waals surface area (Å²) in [5, 5.41) is 6.44. The lowest BCUT2D eigenvalue weighted by Gasteiger charge is -2.04. The van der Waals surface area contributed by atoms with E-state index < -0.39 is 0 Å². The van der Waals surface area contributed by atoms with Gasteiger partial charge in [0.2, 0.25) is 0 Å². The van der Waals surface area contributed by atoms with Crippen molar-refractivity contribution in [2.45, 2.75) is 32.6 Å². The lowest BCUT2D eigenvalue weighted by Crippen LogP contribution is -2.35. The van der Waals surface area contributed by atoms with Crippen LogP contribution < -0.4 is 5.14 Å². The minimum absolute atomic E-state index is 1.22. The van der Waals surface area contributed by atoms with Crippen LogP contribution in [0, 0.1) is 13.8 Å². The summed E-state index contributed by atoms with van der Waals surface area (Å²) in [7, 11) is 0. The van der Waals surface area contributed by atoms with E-state index in [9.17, 15) is 0 Å². The molecule has 0 amide bonds. The number of hydrogen-bond acceptors (Lipinski definition) is 1. The Balaban J connectivity index is 0.000000606. The van der Waals surface area contributed by atoms with E-state index in [4.69, 9.17) is 0 Å². The van der Waals surface area contributed by atoms with E-state index >= 15 is 0 Å². The third-order valence-electron chi connectivity index (χ3n) is 2.59. The molecule has 0 spiro atoms. The first-order valence-electron chi connectivity index (χ1n) is 5.64. The Morgan fingerprint density at radius 1 is 0.875 bits per heavy atom. The summed E-state index contributed by atoms with van der Waals surface area (Å²) in [6, 6.07) is 11.0. The molecule has 2 aromatic rings. The summed E-state index contributed by atoms with van der Waals surface area (Å²) in [5.74, 6) is 0. The van der Waals surface area contributed by atoms with Crippen LogP contribution in [0.25, 0.3) is 10.8 Å². The van der Waals surface area contributed by atoms with Crippen molar-refractivity contribution in [1.82, 2.24) is 0 Å². The molecule has 0 saturated carbocycles. The van der Waals surface area contributed by atoms with Gasteiger partial charge in [-0.25, -0.2) is 0 Å². The number of benzene rings is 2. The number of aryl methyl sites for hydroxylation is 2. The van der Waals surface area contributed by atoms with Gasteiger partial charge >= 0.3 is 0 Å². The molecule has 0 fully saturated rings. The first-order chi connectivity index (χ1) is 7.70. The van der Waals surface area contributed by atoms with E-state index in [-0.39, 0.29) is 0 Å². The van der Waals surface area contributed by atoms with Crippen molar-refractivity contribution >= 4 is 22.7 Å². The van der Waals surface area contributed by atoms with Crippen LogP contribution in [0.1, 0.15) is 25.0 Å². The van der Waals surface area contributed by atoms with Crippen LogP contribution in [0.5, 0.6) is 0 Å². The van der Waals surface area contributed by atoms with Gasteiger partial charge in [0.05, 0.1) is 4.90 Å². The highest BCUT2D eigenvalue weighted by molar-refractivity contribution is 7.92. The third-order valence-corrected chi connectivity index (χ3v) is 3.18. The second-order valence-electron chi connectivity index (χ2n) is 3.59. The molecule has 0 heterocycles. The Morgan fingerprint density at radius 3 is 2.00 bits per heavy atom. The molecule has 86 valence electrons. The second kappa shape index (κ2) is 5.92. The first kappa shape index (κ1) is 13.1. The highest BCUT2D eigenvalue weighted by Crippen LogP contribution is 2.22. The maximum absolute atomic E-state index is 3.82. The smallest absolute Gasteiger partial charge is 0.107 e. The van der Waals surface area contributed by atoms with Crippen molar-refractivity contribution in [2.24, 2.45) is 0 Å². The van der Waals surface area contributed by atoms with Crippen LogP contribution in [0.15, 0.2) is 35.2 Å². The summed E-state index contributed by atoms with van der Waals surface area (Å²) in [4.78, 5) is 1.22. The van der Waals surface area contributed by atoms with Crippen molar-refractivity contribution in [1.29, 1.82) is 0 Å². The summed E-state index contributed by atoms with van der Waals surface area (Å²) in [5.41, 5.74) is 2.70. The number of hydrogen-bond donors (Lipinski definition) is 1. The van der Waals surface area contributed by atoms with E-state index in [1.165, 1.54) is 26.8 Å². The summed E-state index contributed by atoms with van der Waals surface area (Å²) in [6.45, 7) is 8.30. The van der Waals surface area contributed by atoms with Crippen molar-refractivity contribution in [2.75, 3.05) is 0 Å². The fourth-order valence-corrected chi connectivity index (χ4v) is 1.97. The largest absolute Gasteiger partial charge is 0.292 e. The predicted octanol–water partition coefficient (Wildman–Crippen LogP) is 3.73. The van der Waals surface area contributed by atoms with Crippen molar-refractivity contribution < 1.29 is 5.14 Å². The van der Waals surface area contributed by atoms with Crippen molar-refractivity contribution in [3.63, 3.8) is 0 Å². The van der Waals surface area contributed by atoms with Gasteiger partial charge < -0.3 is 0 Å². The molecule has 0 aliphatic heterocycles. The quantitative estimate of drug-likeness (QED) is 0.748. The highest BCUT2D eigenvalue weighted by Gasteiger charge is 2.00. The van der Waals surface area contributed by atoms with Gasteiger partial charge in [0.1, 0.15) is 11.9 Å². The van der Waals surface area contributed by atoms with Crippen molar-refractivity contribution in [3.05, 3.63) is 41.5 Å². The Bertz CT molecular complexity index is 477. The number of fused-ring (bicyclic) bond motifs is 1. The van der Waals surface area contributed by atoms with E-state index in [0.29, 0.717) is 0 Å². The molecule has 2 heteroatoms. The van der Waals surface area contributed by atoms with Crippen molar-refractivity contribution in [3.8, 4) is 0 Å². The molecular weight excluding hydrogens is 214 g/mol. The van der Waals surface area contributed by atoms with E-state index in [1.54, 1.807) is 11.9 Å². The van der Waals surface area contributed by atoms with Gasteiger partial charge in [-0.1, -0.05) is 32.0 Å². The molecule has 0 saturated heterocycles. The molecule has 0 aliphatic rings. The summed E-state index contributed by atoms with van der Waals surface area (Å²) >= 11 is 1.54. The van der Waals surface area contributed by atoms with Gasteiger partial charge in [0, 0.05) is 0 Å². The molecule has 0 bridgehead atoms. The van der Waals surface area contributed by atoms with Crippen LogP contribution in [0.3, 0.4) is 0 Å². The fourth-order valence-electron chi connectivity index (χ4n) is 1.59. The molecule has 1 nitrogen and oxygen atoms in total. The lowest BCUT2D eigenvalue weighted by atomic mass is 10.0. The van der Waals surface area contributed by atoms with Crippen LogP contribution in [-0.4, -0.2) is 0 Å². The van der Waals surface area contributed by atoms with Crippen LogP contribution in [-0.2, 0) is 0 Å². The van der Waals surface area contributed by atoms with Gasteiger partial charge in [-0.2, -0.15) is 0 Å². The van der Waals surface area contributed by atoms with Gasteiger partial charge in [-0.15, -0.1) is 0 Å². The average molecular weight is 234 g/mol. The van der Waals surface area contributed by atoms with Crippen LogP contribution in [0.2, 0.25) is 0 Å². The predicted molar refractivity (Wildman–Crippen MR) is 73.5 cm³/mol. The van der Waals surface area contributed by atoms with Gasteiger partial charge in [0.25, 0.3) is 0 Å². The number of quaternary nitrogens is 1. The number of rotatable bonds is 1. The molecule has 0 aromatic heterocycles. The molecular formula is C14H20NS+. The molecule has 0 unspecified atom stereocenters. The molecule has 0 radical (unpaired) electrons. The van der Waals surface area contributed by atoms with Crippen LogP contribution >= 0.6 is 11.9 Å². The molecule has 2 rings (SSSR count). The van der Waals surface area contributed by atoms with E-state index in [2.05, 4.69) is 49.3 Å². The Hall–Kier alpha value is -0.990. The normalized spacial score (nSPS) is 9.81. The van der Waals surface area contributed by atoms with E-state index in [0.717, 1.165) is 0 Å². The molecule has 16 heavy (non-hydrogen) atoms. The Kier molecular flexibility index (Phi) is 4.84. The van der Waals surface area contributed by atoms with E-state index in [1.807, 2.05) is 13.8 Å². The summed E-state index contributed by atoms with van der Waals surface area (Å²) in [6.07, 6.45) is 0. The Morgan fingerprint density at radius 2 is 1.44 bits per heavy atom. The van der Waals surface area contributed by atoms with Crippen LogP contribution in [0.4, 0.5) is 0 Å². The minimum Gasteiger partial charge on any atom is -0.292 e. The maximum Gasteiger partial charge on any atom is 0.107 e. The highest BCUT2D eigenvalue weighted by atomic mass is 32.2.